The molecule has 5 nitrogen and oxygen atoms in total. The molecule has 1 unspecified atom stereocenters. The van der Waals surface area contributed by atoms with Crippen LogP contribution in [0.25, 0.3) is 0 Å². The number of rotatable bonds is 3. The van der Waals surface area contributed by atoms with Crippen LogP contribution in [-0.4, -0.2) is 17.3 Å². The summed E-state index contributed by atoms with van der Waals surface area (Å²) in [6.45, 7) is 1.78. The first-order valence-electron chi connectivity index (χ1n) is 4.33. The maximum atomic E-state index is 11.1. The van der Waals surface area contributed by atoms with E-state index < -0.39 is 17.3 Å². The van der Waals surface area contributed by atoms with Crippen molar-refractivity contribution in [3.8, 4) is 0 Å². The number of hydrogen-bond donors (Lipinski definition) is 2. The van der Waals surface area contributed by atoms with Crippen LogP contribution in [-0.2, 0) is 11.3 Å². The first-order valence-corrected chi connectivity index (χ1v) is 4.77. The molecule has 0 bridgehead atoms. The second-order valence-electron chi connectivity index (χ2n) is 2.92. The summed E-state index contributed by atoms with van der Waals surface area (Å²) in [6, 6.07) is 1.14. The molecule has 1 aromatic rings. The van der Waals surface area contributed by atoms with Crippen LogP contribution in [0.3, 0.4) is 0 Å². The van der Waals surface area contributed by atoms with Gasteiger partial charge in [0, 0.05) is 12.1 Å². The number of imide groups is 1. The second-order valence-corrected chi connectivity index (χ2v) is 3.57. The molecule has 0 radical (unpaired) electrons. The van der Waals surface area contributed by atoms with Gasteiger partial charge >= 0.3 is 6.03 Å². The summed E-state index contributed by atoms with van der Waals surface area (Å²) in [5, 5.41) is 3.84. The van der Waals surface area contributed by atoms with Gasteiger partial charge in [-0.2, -0.15) is 0 Å². The lowest BCUT2D eigenvalue weighted by Gasteiger charge is -2.06. The van der Waals surface area contributed by atoms with Crippen molar-refractivity contribution in [3.05, 3.63) is 24.2 Å². The molecule has 2 N–H and O–H groups in total. The Hall–Kier alpha value is -1.49. The molecule has 82 valence electrons. The average Bonchev–Trinajstić information content (AvgIpc) is 2.66. The predicted octanol–water partition coefficient (Wildman–Crippen LogP) is 1.23. The van der Waals surface area contributed by atoms with Gasteiger partial charge in [0.1, 0.15) is 5.38 Å². The topological polar surface area (TPSA) is 71.3 Å². The lowest BCUT2D eigenvalue weighted by Crippen LogP contribution is -2.41. The maximum absolute atomic E-state index is 11.1. The van der Waals surface area contributed by atoms with Crippen molar-refractivity contribution < 1.29 is 14.0 Å². The molecule has 0 aliphatic rings. The Morgan fingerprint density at radius 2 is 2.33 bits per heavy atom. The Balaban J connectivity index is 2.28. The van der Waals surface area contributed by atoms with E-state index in [9.17, 15) is 9.59 Å². The number of alkyl halides is 1. The monoisotopic (exact) mass is 230 g/mol. The molecule has 6 heteroatoms. The smallest absolute Gasteiger partial charge is 0.321 e. The summed E-state index contributed by atoms with van der Waals surface area (Å²) in [6.07, 6.45) is 3.01. The normalized spacial score (nSPS) is 11.9. The highest BCUT2D eigenvalue weighted by atomic mass is 35.5. The molecule has 0 aromatic carbocycles. The Kier molecular flexibility index (Phi) is 4.17. The molecule has 0 saturated heterocycles. The van der Waals surface area contributed by atoms with E-state index in [0.717, 1.165) is 5.56 Å². The summed E-state index contributed by atoms with van der Waals surface area (Å²) in [7, 11) is 0. The number of carbonyl (C=O) groups is 2. The van der Waals surface area contributed by atoms with Crippen LogP contribution in [0.1, 0.15) is 12.5 Å². The number of amides is 3. The van der Waals surface area contributed by atoms with Crippen LogP contribution >= 0.6 is 11.6 Å². The van der Waals surface area contributed by atoms with Gasteiger partial charge in [-0.3, -0.25) is 10.1 Å². The first kappa shape index (κ1) is 11.6. The van der Waals surface area contributed by atoms with Crippen LogP contribution < -0.4 is 10.6 Å². The van der Waals surface area contributed by atoms with E-state index in [2.05, 4.69) is 10.6 Å². The van der Waals surface area contributed by atoms with Crippen molar-refractivity contribution >= 4 is 23.5 Å². The van der Waals surface area contributed by atoms with Crippen molar-refractivity contribution in [1.29, 1.82) is 0 Å². The highest BCUT2D eigenvalue weighted by Gasteiger charge is 2.12. The van der Waals surface area contributed by atoms with Crippen LogP contribution in [0.4, 0.5) is 4.79 Å². The lowest BCUT2D eigenvalue weighted by molar-refractivity contribution is -0.119. The minimum Gasteiger partial charge on any atom is -0.472 e. The van der Waals surface area contributed by atoms with Gasteiger partial charge in [0.2, 0.25) is 5.91 Å². The third-order valence-corrected chi connectivity index (χ3v) is 1.83. The molecule has 1 heterocycles. The van der Waals surface area contributed by atoms with E-state index in [1.165, 1.54) is 19.5 Å². The summed E-state index contributed by atoms with van der Waals surface area (Å²) in [5.74, 6) is -0.527. The molecule has 0 saturated carbocycles. The van der Waals surface area contributed by atoms with Gasteiger partial charge in [0.25, 0.3) is 0 Å². The van der Waals surface area contributed by atoms with Crippen molar-refractivity contribution in [2.24, 2.45) is 0 Å². The van der Waals surface area contributed by atoms with Crippen LogP contribution in [0.5, 0.6) is 0 Å². The highest BCUT2D eigenvalue weighted by molar-refractivity contribution is 6.31. The zero-order valence-electron chi connectivity index (χ0n) is 8.12. The number of urea groups is 1. The SMILES string of the molecule is CC(Cl)C(=O)NC(=O)NCc1ccoc1. The highest BCUT2D eigenvalue weighted by Crippen LogP contribution is 1.98. The average molecular weight is 231 g/mol. The molecule has 0 fully saturated rings. The molecular formula is C9H11ClN2O3. The van der Waals surface area contributed by atoms with Crippen LogP contribution in [0.15, 0.2) is 23.0 Å². The quantitative estimate of drug-likeness (QED) is 0.768. The van der Waals surface area contributed by atoms with Crippen molar-refractivity contribution in [2.45, 2.75) is 18.8 Å². The van der Waals surface area contributed by atoms with Gasteiger partial charge in [0.05, 0.1) is 12.5 Å². The lowest BCUT2D eigenvalue weighted by atomic mass is 10.3. The summed E-state index contributed by atoms with van der Waals surface area (Å²) < 4.78 is 4.81. The summed E-state index contributed by atoms with van der Waals surface area (Å²) in [5.41, 5.74) is 0.816. The number of carbonyl (C=O) groups excluding carboxylic acids is 2. The van der Waals surface area contributed by atoms with Gasteiger partial charge in [0.15, 0.2) is 0 Å². The fourth-order valence-electron chi connectivity index (χ4n) is 0.831. The summed E-state index contributed by atoms with van der Waals surface area (Å²) >= 11 is 5.46. The zero-order valence-corrected chi connectivity index (χ0v) is 8.88. The van der Waals surface area contributed by atoms with Gasteiger partial charge < -0.3 is 9.73 Å². The molecule has 1 rings (SSSR count). The third kappa shape index (κ3) is 4.03. The van der Waals surface area contributed by atoms with Crippen molar-refractivity contribution in [1.82, 2.24) is 10.6 Å². The van der Waals surface area contributed by atoms with E-state index >= 15 is 0 Å². The van der Waals surface area contributed by atoms with E-state index in [1.807, 2.05) is 0 Å². The van der Waals surface area contributed by atoms with Crippen molar-refractivity contribution in [3.63, 3.8) is 0 Å². The van der Waals surface area contributed by atoms with E-state index in [4.69, 9.17) is 16.0 Å². The molecule has 0 spiro atoms. The largest absolute Gasteiger partial charge is 0.472 e. The Morgan fingerprint density at radius 1 is 1.60 bits per heavy atom. The van der Waals surface area contributed by atoms with Crippen LogP contribution in [0, 0.1) is 0 Å². The Labute approximate surface area is 91.8 Å². The standard InChI is InChI=1S/C9H11ClN2O3/c1-6(10)8(13)12-9(14)11-4-7-2-3-15-5-7/h2-3,5-6H,4H2,1H3,(H2,11,12,13,14). The minimum absolute atomic E-state index is 0.298. The fraction of sp³-hybridized carbons (Fsp3) is 0.333. The van der Waals surface area contributed by atoms with E-state index in [0.29, 0.717) is 6.54 Å². The molecule has 15 heavy (non-hydrogen) atoms. The molecule has 3 amide bonds. The molecule has 0 aliphatic carbocycles. The van der Waals surface area contributed by atoms with Gasteiger partial charge in [-0.15, -0.1) is 11.6 Å². The number of nitrogens with one attached hydrogen (secondary N) is 2. The van der Waals surface area contributed by atoms with E-state index in [-0.39, 0.29) is 0 Å². The van der Waals surface area contributed by atoms with E-state index in [1.54, 1.807) is 6.07 Å². The van der Waals surface area contributed by atoms with Gasteiger partial charge in [-0.05, 0) is 13.0 Å². The summed E-state index contributed by atoms with van der Waals surface area (Å²) in [4.78, 5) is 22.1. The third-order valence-electron chi connectivity index (χ3n) is 1.63. The Bertz CT molecular complexity index is 335. The van der Waals surface area contributed by atoms with Crippen molar-refractivity contribution in [2.75, 3.05) is 0 Å². The predicted molar refractivity (Wildman–Crippen MR) is 54.4 cm³/mol. The Morgan fingerprint density at radius 3 is 2.87 bits per heavy atom. The van der Waals surface area contributed by atoms with Gasteiger partial charge in [-0.1, -0.05) is 0 Å². The molecule has 1 aromatic heterocycles. The van der Waals surface area contributed by atoms with Gasteiger partial charge in [-0.25, -0.2) is 4.79 Å². The zero-order chi connectivity index (χ0) is 11.3. The van der Waals surface area contributed by atoms with Crippen LogP contribution in [0.2, 0.25) is 0 Å². The maximum Gasteiger partial charge on any atom is 0.321 e. The molecule has 0 aliphatic heterocycles. The fourth-order valence-corrected chi connectivity index (χ4v) is 0.886. The minimum atomic E-state index is -0.732. The number of furan rings is 1. The molecule has 1 atom stereocenters. The first-order chi connectivity index (χ1) is 7.09. The molecular weight excluding hydrogens is 220 g/mol. The number of halogens is 1. The second kappa shape index (κ2) is 5.41. The number of hydrogen-bond acceptors (Lipinski definition) is 3.